The molecule has 0 atom stereocenters. The molecule has 0 bridgehead atoms. The van der Waals surface area contributed by atoms with Gasteiger partial charge in [-0.25, -0.2) is 9.97 Å². The second kappa shape index (κ2) is 4.85. The first-order valence-electron chi connectivity index (χ1n) is 6.48. The number of aryl methyl sites for hydroxylation is 2. The van der Waals surface area contributed by atoms with Crippen LogP contribution in [-0.2, 0) is 0 Å². The fourth-order valence-corrected chi connectivity index (χ4v) is 2.27. The molecule has 0 aliphatic rings. The second-order valence-corrected chi connectivity index (χ2v) is 4.92. The molecule has 2 heterocycles. The molecule has 0 aliphatic heterocycles. The number of aromatic nitrogens is 3. The second-order valence-electron chi connectivity index (χ2n) is 4.92. The number of pyridine rings is 1. The van der Waals surface area contributed by atoms with Crippen molar-refractivity contribution in [1.29, 1.82) is 0 Å². The first-order chi connectivity index (χ1) is 9.65. The number of benzene rings is 1. The molecule has 1 aromatic carbocycles. The van der Waals surface area contributed by atoms with Crippen LogP contribution in [0.4, 0.5) is 0 Å². The van der Waals surface area contributed by atoms with E-state index < -0.39 is 0 Å². The van der Waals surface area contributed by atoms with Crippen molar-refractivity contribution < 1.29 is 0 Å². The molecule has 20 heavy (non-hydrogen) atoms. The molecular weight excluding hydrogens is 246 g/mol. The topological polar surface area (TPSA) is 38.7 Å². The highest BCUT2D eigenvalue weighted by atomic mass is 14.8. The molecule has 0 unspecified atom stereocenters. The lowest BCUT2D eigenvalue weighted by Crippen LogP contribution is -1.94. The molecule has 3 heteroatoms. The van der Waals surface area contributed by atoms with E-state index in [9.17, 15) is 0 Å². The van der Waals surface area contributed by atoms with Crippen LogP contribution in [0.5, 0.6) is 0 Å². The molecule has 0 fully saturated rings. The van der Waals surface area contributed by atoms with Crippen LogP contribution < -0.4 is 0 Å². The predicted octanol–water partition coefficient (Wildman–Crippen LogP) is 3.70. The van der Waals surface area contributed by atoms with Crippen molar-refractivity contribution in [2.45, 2.75) is 13.8 Å². The Balaban J connectivity index is 2.10. The Morgan fingerprint density at radius 2 is 1.90 bits per heavy atom. The van der Waals surface area contributed by atoms with Crippen LogP contribution in [0.25, 0.3) is 16.5 Å². The number of rotatable bonds is 2. The van der Waals surface area contributed by atoms with Crippen molar-refractivity contribution in [1.82, 2.24) is 15.0 Å². The minimum atomic E-state index is 0.940. The third kappa shape index (κ3) is 2.18. The summed E-state index contributed by atoms with van der Waals surface area (Å²) in [5.74, 6) is 0. The van der Waals surface area contributed by atoms with E-state index in [0.717, 1.165) is 38.9 Å². The number of fused-ring (bicyclic) bond motifs is 1. The Bertz CT molecular complexity index is 806. The Morgan fingerprint density at radius 3 is 2.75 bits per heavy atom. The number of nitrogens with zero attached hydrogens (tertiary/aromatic N) is 3. The van der Waals surface area contributed by atoms with E-state index in [1.807, 2.05) is 38.4 Å². The maximum atomic E-state index is 4.40. The van der Waals surface area contributed by atoms with Crippen molar-refractivity contribution >= 4 is 16.5 Å². The Kier molecular flexibility index (Phi) is 3.03. The highest BCUT2D eigenvalue weighted by Crippen LogP contribution is 2.26. The van der Waals surface area contributed by atoms with Gasteiger partial charge < -0.3 is 0 Å². The molecule has 0 aliphatic carbocycles. The average Bonchev–Trinajstić information content (AvgIpc) is 2.48. The van der Waals surface area contributed by atoms with Crippen molar-refractivity contribution in [3.05, 3.63) is 71.9 Å². The third-order valence-corrected chi connectivity index (χ3v) is 3.40. The molecule has 0 radical (unpaired) electrons. The fraction of sp³-hybridized carbons (Fsp3) is 0.118. The Morgan fingerprint density at radius 1 is 1.05 bits per heavy atom. The number of hydrogen-bond acceptors (Lipinski definition) is 3. The van der Waals surface area contributed by atoms with Crippen LogP contribution >= 0.6 is 0 Å². The minimum absolute atomic E-state index is 0.940. The van der Waals surface area contributed by atoms with Gasteiger partial charge in [0.15, 0.2) is 0 Å². The van der Waals surface area contributed by atoms with E-state index >= 15 is 0 Å². The summed E-state index contributed by atoms with van der Waals surface area (Å²) in [6.45, 7) is 8.27. The monoisotopic (exact) mass is 261 g/mol. The van der Waals surface area contributed by atoms with Crippen molar-refractivity contribution in [2.75, 3.05) is 0 Å². The Hall–Kier alpha value is -2.55. The third-order valence-electron chi connectivity index (χ3n) is 3.40. The molecule has 0 amide bonds. The van der Waals surface area contributed by atoms with E-state index in [1.54, 1.807) is 6.33 Å². The summed E-state index contributed by atoms with van der Waals surface area (Å²) < 4.78 is 0. The van der Waals surface area contributed by atoms with E-state index in [2.05, 4.69) is 33.7 Å². The van der Waals surface area contributed by atoms with Crippen LogP contribution in [0.15, 0.2) is 49.6 Å². The maximum absolute atomic E-state index is 4.40. The van der Waals surface area contributed by atoms with Crippen molar-refractivity contribution in [2.24, 2.45) is 0 Å². The van der Waals surface area contributed by atoms with Gasteiger partial charge in [0, 0.05) is 29.0 Å². The van der Waals surface area contributed by atoms with Crippen LogP contribution in [0.1, 0.15) is 22.4 Å². The molecule has 3 aromatic rings. The smallest absolute Gasteiger partial charge is 0.116 e. The van der Waals surface area contributed by atoms with E-state index in [0.29, 0.717) is 0 Å². The quantitative estimate of drug-likeness (QED) is 0.706. The standard InChI is InChI=1S/C17H15N3/c1-11-6-16(13(3)19-8-11)12(2)14-4-5-17-15(7-14)9-18-10-20-17/h4-10H,2H2,1,3H3. The lowest BCUT2D eigenvalue weighted by atomic mass is 9.96. The summed E-state index contributed by atoms with van der Waals surface area (Å²) in [4.78, 5) is 12.7. The van der Waals surface area contributed by atoms with Crippen LogP contribution in [0, 0.1) is 13.8 Å². The van der Waals surface area contributed by atoms with Crippen LogP contribution in [0.2, 0.25) is 0 Å². The van der Waals surface area contributed by atoms with Gasteiger partial charge in [0.25, 0.3) is 0 Å². The summed E-state index contributed by atoms with van der Waals surface area (Å²) >= 11 is 0. The van der Waals surface area contributed by atoms with Gasteiger partial charge in [-0.3, -0.25) is 4.98 Å². The zero-order valence-electron chi connectivity index (χ0n) is 11.6. The van der Waals surface area contributed by atoms with Gasteiger partial charge in [-0.2, -0.15) is 0 Å². The van der Waals surface area contributed by atoms with Crippen LogP contribution in [-0.4, -0.2) is 15.0 Å². The van der Waals surface area contributed by atoms with Gasteiger partial charge in [-0.15, -0.1) is 0 Å². The van der Waals surface area contributed by atoms with Crippen LogP contribution in [0.3, 0.4) is 0 Å². The van der Waals surface area contributed by atoms with Crippen molar-refractivity contribution in [3.63, 3.8) is 0 Å². The number of hydrogen-bond donors (Lipinski definition) is 0. The highest BCUT2D eigenvalue weighted by molar-refractivity contribution is 5.86. The van der Waals surface area contributed by atoms with E-state index in [4.69, 9.17) is 0 Å². The largest absolute Gasteiger partial charge is 0.261 e. The van der Waals surface area contributed by atoms with Gasteiger partial charge in [0.1, 0.15) is 6.33 Å². The average molecular weight is 261 g/mol. The lowest BCUT2D eigenvalue weighted by molar-refractivity contribution is 1.15. The summed E-state index contributed by atoms with van der Waals surface area (Å²) in [6, 6.07) is 8.23. The van der Waals surface area contributed by atoms with Gasteiger partial charge >= 0.3 is 0 Å². The molecule has 0 saturated carbocycles. The summed E-state index contributed by atoms with van der Waals surface area (Å²) in [6.07, 6.45) is 5.26. The zero-order chi connectivity index (χ0) is 14.1. The molecule has 3 nitrogen and oxygen atoms in total. The maximum Gasteiger partial charge on any atom is 0.116 e. The van der Waals surface area contributed by atoms with Gasteiger partial charge in [0.05, 0.1) is 5.52 Å². The highest BCUT2D eigenvalue weighted by Gasteiger charge is 2.08. The lowest BCUT2D eigenvalue weighted by Gasteiger charge is -2.10. The molecule has 98 valence electrons. The first kappa shape index (κ1) is 12.5. The van der Waals surface area contributed by atoms with Crippen molar-refractivity contribution in [3.8, 4) is 0 Å². The Labute approximate surface area is 118 Å². The van der Waals surface area contributed by atoms with E-state index in [-0.39, 0.29) is 0 Å². The normalized spacial score (nSPS) is 10.7. The molecule has 0 N–H and O–H groups in total. The van der Waals surface area contributed by atoms with Gasteiger partial charge in [-0.1, -0.05) is 12.6 Å². The summed E-state index contributed by atoms with van der Waals surface area (Å²) in [5, 5.41) is 1.02. The molecule has 2 aromatic heterocycles. The molecule has 0 saturated heterocycles. The predicted molar refractivity (Wildman–Crippen MR) is 81.4 cm³/mol. The summed E-state index contributed by atoms with van der Waals surface area (Å²) in [5.41, 5.74) is 6.20. The molecular formula is C17H15N3. The van der Waals surface area contributed by atoms with E-state index in [1.165, 1.54) is 0 Å². The minimum Gasteiger partial charge on any atom is -0.261 e. The fourth-order valence-electron chi connectivity index (χ4n) is 2.27. The van der Waals surface area contributed by atoms with Gasteiger partial charge in [0.2, 0.25) is 0 Å². The molecule has 0 spiro atoms. The van der Waals surface area contributed by atoms with Gasteiger partial charge in [-0.05, 0) is 48.7 Å². The summed E-state index contributed by atoms with van der Waals surface area (Å²) in [7, 11) is 0. The zero-order valence-corrected chi connectivity index (χ0v) is 11.6. The first-order valence-corrected chi connectivity index (χ1v) is 6.48. The molecule has 3 rings (SSSR count). The SMILES string of the molecule is C=C(c1ccc2ncncc2c1)c1cc(C)cnc1C.